The number of para-hydroxylation sites is 3. The molecule has 1 N–H and O–H groups in total. The smallest absolute Gasteiger partial charge is 0.251 e. The van der Waals surface area contributed by atoms with E-state index in [-0.39, 0.29) is 5.91 Å². The summed E-state index contributed by atoms with van der Waals surface area (Å²) in [5.41, 5.74) is 4.75. The van der Waals surface area contributed by atoms with Gasteiger partial charge in [-0.05, 0) is 56.2 Å². The number of nitrogens with zero attached hydrogens (tertiary/aromatic N) is 2. The van der Waals surface area contributed by atoms with Crippen molar-refractivity contribution < 1.29 is 9.53 Å². The zero-order chi connectivity index (χ0) is 22.5. The fourth-order valence-electron chi connectivity index (χ4n) is 3.80. The number of carbonyl (C=O) groups is 1. The Hall–Kier alpha value is -3.31. The number of aryl methyl sites for hydroxylation is 3. The van der Waals surface area contributed by atoms with Gasteiger partial charge in [-0.25, -0.2) is 4.98 Å². The highest BCUT2D eigenvalue weighted by atomic mass is 35.5. The third-order valence-corrected chi connectivity index (χ3v) is 5.70. The van der Waals surface area contributed by atoms with Crippen LogP contribution in [0.1, 0.15) is 33.7 Å². The van der Waals surface area contributed by atoms with Crippen LogP contribution in [-0.2, 0) is 13.1 Å². The Balaban J connectivity index is 1.45. The molecule has 164 valence electrons. The lowest BCUT2D eigenvalue weighted by Crippen LogP contribution is -2.25. The van der Waals surface area contributed by atoms with Crippen molar-refractivity contribution in [3.05, 3.63) is 94.3 Å². The van der Waals surface area contributed by atoms with Gasteiger partial charge in [0.05, 0.1) is 29.2 Å². The zero-order valence-corrected chi connectivity index (χ0v) is 19.0. The molecule has 3 aromatic carbocycles. The number of amides is 1. The number of rotatable bonds is 8. The summed E-state index contributed by atoms with van der Waals surface area (Å²) in [7, 11) is 0. The maximum atomic E-state index is 12.7. The van der Waals surface area contributed by atoms with E-state index in [1.807, 2.05) is 80.6 Å². The highest BCUT2D eigenvalue weighted by Gasteiger charge is 2.14. The Morgan fingerprint density at radius 3 is 2.66 bits per heavy atom. The molecular weight excluding hydrogens is 422 g/mol. The summed E-state index contributed by atoms with van der Waals surface area (Å²) in [5, 5.41) is 3.64. The first kappa shape index (κ1) is 21.9. The van der Waals surface area contributed by atoms with Crippen LogP contribution in [0.25, 0.3) is 11.0 Å². The Kier molecular flexibility index (Phi) is 6.76. The molecule has 0 aliphatic carbocycles. The number of ether oxygens (including phenoxy) is 1. The Labute approximate surface area is 193 Å². The number of aromatic nitrogens is 2. The van der Waals surface area contributed by atoms with Crippen LogP contribution < -0.4 is 10.1 Å². The van der Waals surface area contributed by atoms with E-state index in [1.54, 1.807) is 0 Å². The summed E-state index contributed by atoms with van der Waals surface area (Å²) in [5.74, 6) is 1.41. The standard InChI is InChI=1S/C26H26ClN3O2/c1-18-12-13-20(19(2)16-18)26(31)28-17-25-29-22-9-4-5-10-23(22)30(25)14-7-15-32-24-11-6-3-8-21(24)27/h3-6,8-13,16H,7,14-15,17H2,1-2H3,(H,28,31). The third-order valence-electron chi connectivity index (χ3n) is 5.39. The van der Waals surface area contributed by atoms with Crippen LogP contribution >= 0.6 is 11.6 Å². The second kappa shape index (κ2) is 9.88. The lowest BCUT2D eigenvalue weighted by Gasteiger charge is -2.12. The van der Waals surface area contributed by atoms with E-state index in [1.165, 1.54) is 0 Å². The minimum atomic E-state index is -0.0943. The molecule has 32 heavy (non-hydrogen) atoms. The number of carbonyl (C=O) groups excluding carboxylic acids is 1. The Bertz CT molecular complexity index is 1250. The summed E-state index contributed by atoms with van der Waals surface area (Å²) in [6, 6.07) is 21.3. The van der Waals surface area contributed by atoms with E-state index >= 15 is 0 Å². The number of fused-ring (bicyclic) bond motifs is 1. The van der Waals surface area contributed by atoms with Crippen LogP contribution in [-0.4, -0.2) is 22.1 Å². The van der Waals surface area contributed by atoms with Crippen molar-refractivity contribution in [3.63, 3.8) is 0 Å². The van der Waals surface area contributed by atoms with Crippen molar-refractivity contribution in [2.45, 2.75) is 33.4 Å². The van der Waals surface area contributed by atoms with Gasteiger partial charge in [-0.15, -0.1) is 0 Å². The van der Waals surface area contributed by atoms with Gasteiger partial charge in [-0.1, -0.05) is 53.6 Å². The summed E-state index contributed by atoms with van der Waals surface area (Å²) in [6.45, 7) is 5.58. The van der Waals surface area contributed by atoms with Gasteiger partial charge in [0.1, 0.15) is 11.6 Å². The van der Waals surface area contributed by atoms with E-state index in [0.717, 1.165) is 41.0 Å². The van der Waals surface area contributed by atoms with Crippen molar-refractivity contribution in [2.24, 2.45) is 0 Å². The molecule has 0 bridgehead atoms. The number of halogens is 1. The summed E-state index contributed by atoms with van der Waals surface area (Å²) >= 11 is 6.17. The van der Waals surface area contributed by atoms with Gasteiger partial charge in [0.2, 0.25) is 0 Å². The normalized spacial score (nSPS) is 11.0. The second-order valence-electron chi connectivity index (χ2n) is 7.80. The molecule has 1 heterocycles. The Morgan fingerprint density at radius 1 is 1.06 bits per heavy atom. The molecule has 0 spiro atoms. The van der Waals surface area contributed by atoms with Crippen LogP contribution in [0.2, 0.25) is 5.02 Å². The number of hydrogen-bond donors (Lipinski definition) is 1. The number of hydrogen-bond acceptors (Lipinski definition) is 3. The molecule has 0 aliphatic rings. The molecule has 4 aromatic rings. The molecule has 0 fully saturated rings. The molecule has 0 saturated carbocycles. The van der Waals surface area contributed by atoms with Gasteiger partial charge in [0, 0.05) is 12.1 Å². The lowest BCUT2D eigenvalue weighted by atomic mass is 10.1. The fourth-order valence-corrected chi connectivity index (χ4v) is 3.99. The van der Waals surface area contributed by atoms with Crippen molar-refractivity contribution in [3.8, 4) is 5.75 Å². The highest BCUT2D eigenvalue weighted by Crippen LogP contribution is 2.23. The van der Waals surface area contributed by atoms with E-state index in [9.17, 15) is 4.79 Å². The minimum Gasteiger partial charge on any atom is -0.492 e. The molecule has 1 amide bonds. The van der Waals surface area contributed by atoms with Gasteiger partial charge < -0.3 is 14.6 Å². The molecular formula is C26H26ClN3O2. The summed E-state index contributed by atoms with van der Waals surface area (Å²) < 4.78 is 7.98. The van der Waals surface area contributed by atoms with Gasteiger partial charge >= 0.3 is 0 Å². The first-order valence-corrected chi connectivity index (χ1v) is 11.1. The average Bonchev–Trinajstić information content (AvgIpc) is 3.13. The van der Waals surface area contributed by atoms with E-state index in [2.05, 4.69) is 9.88 Å². The molecule has 0 radical (unpaired) electrons. The van der Waals surface area contributed by atoms with Crippen LogP contribution in [0, 0.1) is 13.8 Å². The lowest BCUT2D eigenvalue weighted by molar-refractivity contribution is 0.0949. The predicted octanol–water partition coefficient (Wildman–Crippen LogP) is 5.71. The van der Waals surface area contributed by atoms with Crippen LogP contribution in [0.15, 0.2) is 66.7 Å². The van der Waals surface area contributed by atoms with Crippen molar-refractivity contribution in [2.75, 3.05) is 6.61 Å². The maximum absolute atomic E-state index is 12.7. The first-order valence-electron chi connectivity index (χ1n) is 10.7. The monoisotopic (exact) mass is 447 g/mol. The van der Waals surface area contributed by atoms with E-state index in [0.29, 0.717) is 29.5 Å². The van der Waals surface area contributed by atoms with Crippen LogP contribution in [0.5, 0.6) is 5.75 Å². The van der Waals surface area contributed by atoms with Gasteiger partial charge in [0.15, 0.2) is 0 Å². The maximum Gasteiger partial charge on any atom is 0.251 e. The zero-order valence-electron chi connectivity index (χ0n) is 18.3. The molecule has 0 unspecified atom stereocenters. The number of nitrogens with one attached hydrogen (secondary N) is 1. The van der Waals surface area contributed by atoms with E-state index in [4.69, 9.17) is 21.3 Å². The Morgan fingerprint density at radius 2 is 1.84 bits per heavy atom. The molecule has 6 heteroatoms. The minimum absolute atomic E-state index is 0.0943. The van der Waals surface area contributed by atoms with Crippen molar-refractivity contribution in [1.82, 2.24) is 14.9 Å². The van der Waals surface area contributed by atoms with Gasteiger partial charge in [-0.3, -0.25) is 4.79 Å². The molecule has 0 atom stereocenters. The summed E-state index contributed by atoms with van der Waals surface area (Å²) in [4.78, 5) is 17.5. The largest absolute Gasteiger partial charge is 0.492 e. The number of imidazole rings is 1. The number of benzene rings is 3. The van der Waals surface area contributed by atoms with Crippen molar-refractivity contribution >= 4 is 28.5 Å². The molecule has 0 aliphatic heterocycles. The molecule has 1 aromatic heterocycles. The quantitative estimate of drug-likeness (QED) is 0.352. The predicted molar refractivity (Wildman–Crippen MR) is 128 cm³/mol. The SMILES string of the molecule is Cc1ccc(C(=O)NCc2nc3ccccc3n2CCCOc2ccccc2Cl)c(C)c1. The van der Waals surface area contributed by atoms with Crippen LogP contribution in [0.4, 0.5) is 0 Å². The highest BCUT2D eigenvalue weighted by molar-refractivity contribution is 6.32. The molecule has 4 rings (SSSR count). The average molecular weight is 448 g/mol. The molecule has 0 saturated heterocycles. The molecule has 5 nitrogen and oxygen atoms in total. The van der Waals surface area contributed by atoms with Gasteiger partial charge in [-0.2, -0.15) is 0 Å². The van der Waals surface area contributed by atoms with Crippen molar-refractivity contribution in [1.29, 1.82) is 0 Å². The third kappa shape index (κ3) is 4.94. The van der Waals surface area contributed by atoms with E-state index < -0.39 is 0 Å². The first-order chi connectivity index (χ1) is 15.5. The van der Waals surface area contributed by atoms with Gasteiger partial charge in [0.25, 0.3) is 5.91 Å². The summed E-state index contributed by atoms with van der Waals surface area (Å²) in [6.07, 6.45) is 0.781. The van der Waals surface area contributed by atoms with Crippen LogP contribution in [0.3, 0.4) is 0 Å². The topological polar surface area (TPSA) is 56.2 Å². The fraction of sp³-hybridized carbons (Fsp3) is 0.231. The second-order valence-corrected chi connectivity index (χ2v) is 8.21.